The molecule has 2 aromatic carbocycles. The lowest BCUT2D eigenvalue weighted by atomic mass is 9.94. The standard InChI is InChI=1S/C18H17F2NO2/c1-18(12-22)10-16(17-14(19)8-5-9-15(17)20)21(23-18)11-13-6-3-2-4-7-13/h2-9,12,16H,10-11H2,1H3/t16-,18-/m0/s1. The highest BCUT2D eigenvalue weighted by Crippen LogP contribution is 2.41. The summed E-state index contributed by atoms with van der Waals surface area (Å²) < 4.78 is 28.3. The Hall–Kier alpha value is -2.11. The quantitative estimate of drug-likeness (QED) is 0.803. The number of rotatable bonds is 4. The first-order chi connectivity index (χ1) is 11.0. The van der Waals surface area contributed by atoms with Crippen molar-refractivity contribution in [2.45, 2.75) is 31.5 Å². The molecule has 23 heavy (non-hydrogen) atoms. The Bertz CT molecular complexity index is 687. The molecule has 0 spiro atoms. The molecule has 0 radical (unpaired) electrons. The number of carbonyl (C=O) groups excluding carboxylic acids is 1. The number of aldehydes is 1. The summed E-state index contributed by atoms with van der Waals surface area (Å²) in [4.78, 5) is 17.0. The molecule has 1 fully saturated rings. The van der Waals surface area contributed by atoms with Crippen molar-refractivity contribution in [1.82, 2.24) is 5.06 Å². The lowest BCUT2D eigenvalue weighted by Crippen LogP contribution is -2.29. The summed E-state index contributed by atoms with van der Waals surface area (Å²) in [5.41, 5.74) is -0.216. The number of halogens is 2. The van der Waals surface area contributed by atoms with Crippen LogP contribution >= 0.6 is 0 Å². The van der Waals surface area contributed by atoms with E-state index >= 15 is 0 Å². The van der Waals surface area contributed by atoms with Crippen LogP contribution in [0.5, 0.6) is 0 Å². The van der Waals surface area contributed by atoms with Gasteiger partial charge in [0.1, 0.15) is 17.2 Å². The largest absolute Gasteiger partial charge is 0.300 e. The molecule has 2 atom stereocenters. The van der Waals surface area contributed by atoms with E-state index in [0.717, 1.165) is 5.56 Å². The van der Waals surface area contributed by atoms with Crippen molar-refractivity contribution in [3.8, 4) is 0 Å². The van der Waals surface area contributed by atoms with E-state index in [-0.39, 0.29) is 12.0 Å². The molecule has 1 aliphatic heterocycles. The molecule has 0 N–H and O–H groups in total. The average molecular weight is 317 g/mol. The van der Waals surface area contributed by atoms with Crippen molar-refractivity contribution in [1.29, 1.82) is 0 Å². The maximum atomic E-state index is 14.2. The number of nitrogens with zero attached hydrogens (tertiary/aromatic N) is 1. The lowest BCUT2D eigenvalue weighted by molar-refractivity contribution is -0.201. The highest BCUT2D eigenvalue weighted by atomic mass is 19.1. The highest BCUT2D eigenvalue weighted by Gasteiger charge is 2.44. The predicted octanol–water partition coefficient (Wildman–Crippen LogP) is 3.80. The molecule has 3 nitrogen and oxygen atoms in total. The number of hydrogen-bond acceptors (Lipinski definition) is 3. The van der Waals surface area contributed by atoms with Crippen LogP contribution < -0.4 is 0 Å². The molecule has 1 saturated heterocycles. The van der Waals surface area contributed by atoms with E-state index in [9.17, 15) is 13.6 Å². The van der Waals surface area contributed by atoms with E-state index < -0.39 is 23.3 Å². The van der Waals surface area contributed by atoms with Crippen LogP contribution in [0.25, 0.3) is 0 Å². The second-order valence-electron chi connectivity index (χ2n) is 5.94. The van der Waals surface area contributed by atoms with Gasteiger partial charge in [0.2, 0.25) is 0 Å². The van der Waals surface area contributed by atoms with Crippen LogP contribution in [0, 0.1) is 11.6 Å². The Kier molecular flexibility index (Phi) is 4.24. The predicted molar refractivity (Wildman–Crippen MR) is 81.3 cm³/mol. The van der Waals surface area contributed by atoms with E-state index in [1.165, 1.54) is 23.3 Å². The summed E-state index contributed by atoms with van der Waals surface area (Å²) in [6, 6.07) is 12.5. The first-order valence-electron chi connectivity index (χ1n) is 7.42. The summed E-state index contributed by atoms with van der Waals surface area (Å²) in [7, 11) is 0. The number of hydroxylamine groups is 2. The van der Waals surface area contributed by atoms with Crippen molar-refractivity contribution >= 4 is 6.29 Å². The minimum atomic E-state index is -1.09. The Morgan fingerprint density at radius 1 is 1.17 bits per heavy atom. The van der Waals surface area contributed by atoms with Gasteiger partial charge in [-0.3, -0.25) is 4.84 Å². The van der Waals surface area contributed by atoms with Crippen molar-refractivity contribution < 1.29 is 18.4 Å². The first-order valence-corrected chi connectivity index (χ1v) is 7.42. The van der Waals surface area contributed by atoms with Crippen molar-refractivity contribution in [3.63, 3.8) is 0 Å². The maximum Gasteiger partial charge on any atom is 0.153 e. The molecule has 120 valence electrons. The molecule has 0 aliphatic carbocycles. The molecule has 0 bridgehead atoms. The molecule has 1 aliphatic rings. The van der Waals surface area contributed by atoms with Gasteiger partial charge >= 0.3 is 0 Å². The zero-order valence-electron chi connectivity index (χ0n) is 12.7. The Morgan fingerprint density at radius 2 is 1.83 bits per heavy atom. The summed E-state index contributed by atoms with van der Waals surface area (Å²) in [5.74, 6) is -1.27. The minimum Gasteiger partial charge on any atom is -0.300 e. The Morgan fingerprint density at radius 3 is 2.43 bits per heavy atom. The number of hydrogen-bond donors (Lipinski definition) is 0. The molecule has 0 unspecified atom stereocenters. The van der Waals surface area contributed by atoms with Crippen LogP contribution in [0.15, 0.2) is 48.5 Å². The molecule has 0 amide bonds. The normalized spacial score (nSPS) is 24.7. The number of benzene rings is 2. The van der Waals surface area contributed by atoms with Crippen LogP contribution in [-0.2, 0) is 16.2 Å². The molecule has 5 heteroatoms. The molecule has 1 heterocycles. The maximum absolute atomic E-state index is 14.2. The Balaban J connectivity index is 1.96. The van der Waals surface area contributed by atoms with Gasteiger partial charge in [0.25, 0.3) is 0 Å². The third kappa shape index (κ3) is 3.16. The van der Waals surface area contributed by atoms with Gasteiger partial charge in [-0.25, -0.2) is 8.78 Å². The van der Waals surface area contributed by atoms with E-state index in [1.54, 1.807) is 6.92 Å². The summed E-state index contributed by atoms with van der Waals surface area (Å²) in [6.07, 6.45) is 0.880. The Labute approximate surface area is 133 Å². The average Bonchev–Trinajstić information content (AvgIpc) is 2.86. The van der Waals surface area contributed by atoms with E-state index in [4.69, 9.17) is 4.84 Å². The van der Waals surface area contributed by atoms with Crippen molar-refractivity contribution in [3.05, 3.63) is 71.3 Å². The molecule has 2 aromatic rings. The van der Waals surface area contributed by atoms with E-state index in [2.05, 4.69) is 0 Å². The van der Waals surface area contributed by atoms with Gasteiger partial charge < -0.3 is 4.79 Å². The van der Waals surface area contributed by atoms with Crippen LogP contribution in [-0.4, -0.2) is 17.0 Å². The fraction of sp³-hybridized carbons (Fsp3) is 0.278. The molecule has 0 aromatic heterocycles. The van der Waals surface area contributed by atoms with Gasteiger partial charge in [-0.2, -0.15) is 5.06 Å². The third-order valence-electron chi connectivity index (χ3n) is 4.04. The van der Waals surface area contributed by atoms with E-state index in [0.29, 0.717) is 12.8 Å². The van der Waals surface area contributed by atoms with Gasteiger partial charge in [0, 0.05) is 18.5 Å². The smallest absolute Gasteiger partial charge is 0.153 e. The molecule has 3 rings (SSSR count). The highest BCUT2D eigenvalue weighted by molar-refractivity contribution is 5.62. The third-order valence-corrected chi connectivity index (χ3v) is 4.04. The fourth-order valence-electron chi connectivity index (χ4n) is 2.91. The van der Waals surface area contributed by atoms with Crippen LogP contribution in [0.3, 0.4) is 0 Å². The van der Waals surface area contributed by atoms with Gasteiger partial charge in [0.05, 0.1) is 6.04 Å². The van der Waals surface area contributed by atoms with Crippen LogP contribution in [0.1, 0.15) is 30.5 Å². The van der Waals surface area contributed by atoms with Gasteiger partial charge in [-0.05, 0) is 24.6 Å². The SMILES string of the molecule is C[C@@]1(C=O)C[C@@H](c2c(F)cccc2F)N(Cc2ccccc2)O1. The zero-order chi connectivity index (χ0) is 16.4. The van der Waals surface area contributed by atoms with Crippen molar-refractivity contribution in [2.24, 2.45) is 0 Å². The minimum absolute atomic E-state index is 0.0611. The van der Waals surface area contributed by atoms with Gasteiger partial charge in [-0.1, -0.05) is 36.4 Å². The lowest BCUT2D eigenvalue weighted by Gasteiger charge is -2.24. The molecular formula is C18H17F2NO2. The first kappa shape index (κ1) is 15.8. The monoisotopic (exact) mass is 317 g/mol. The van der Waals surface area contributed by atoms with Gasteiger partial charge in [-0.15, -0.1) is 0 Å². The summed E-state index contributed by atoms with van der Waals surface area (Å²) >= 11 is 0. The zero-order valence-corrected chi connectivity index (χ0v) is 12.7. The van der Waals surface area contributed by atoms with Crippen LogP contribution in [0.2, 0.25) is 0 Å². The summed E-state index contributed by atoms with van der Waals surface area (Å²) in [5, 5.41) is 1.49. The van der Waals surface area contributed by atoms with Crippen LogP contribution in [0.4, 0.5) is 8.78 Å². The van der Waals surface area contributed by atoms with E-state index in [1.807, 2.05) is 30.3 Å². The summed E-state index contributed by atoms with van der Waals surface area (Å²) in [6.45, 7) is 1.96. The molecular weight excluding hydrogens is 300 g/mol. The molecule has 0 saturated carbocycles. The fourth-order valence-corrected chi connectivity index (χ4v) is 2.91. The second kappa shape index (κ2) is 6.18. The topological polar surface area (TPSA) is 29.5 Å². The van der Waals surface area contributed by atoms with Crippen molar-refractivity contribution in [2.75, 3.05) is 0 Å². The van der Waals surface area contributed by atoms with Gasteiger partial charge in [0.15, 0.2) is 6.29 Å². The second-order valence-corrected chi connectivity index (χ2v) is 5.94. The number of carbonyl (C=O) groups is 1.